The van der Waals surface area contributed by atoms with Crippen molar-refractivity contribution in [2.45, 2.75) is 18.9 Å². The van der Waals surface area contributed by atoms with E-state index in [4.69, 9.17) is 4.74 Å². The summed E-state index contributed by atoms with van der Waals surface area (Å²) in [5.41, 5.74) is 1.95. The van der Waals surface area contributed by atoms with Gasteiger partial charge in [0.15, 0.2) is 0 Å². The molecular weight excluding hydrogens is 340 g/mol. The van der Waals surface area contributed by atoms with Crippen LogP contribution in [0.3, 0.4) is 0 Å². The molecule has 1 amide bonds. The number of H-pyrrole nitrogens is 1. The Morgan fingerprint density at radius 2 is 1.85 bits per heavy atom. The molecule has 6 nitrogen and oxygen atoms in total. The van der Waals surface area contributed by atoms with E-state index in [2.05, 4.69) is 26.9 Å². The molecule has 1 atom stereocenters. The Morgan fingerprint density at radius 3 is 2.52 bits per heavy atom. The number of carbonyl (C=O) groups is 1. The molecule has 4 rings (SSSR count). The highest BCUT2D eigenvalue weighted by Gasteiger charge is 2.30. The number of benzene rings is 1. The maximum absolute atomic E-state index is 12.6. The van der Waals surface area contributed by atoms with E-state index in [0.717, 1.165) is 51.4 Å². The fourth-order valence-electron chi connectivity index (χ4n) is 4.21. The molecule has 0 saturated carbocycles. The zero-order valence-corrected chi connectivity index (χ0v) is 15.9. The number of nitrogens with zero attached hydrogens (tertiary/aromatic N) is 3. The fraction of sp³-hybridized carbons (Fsp3) is 0.476. The van der Waals surface area contributed by atoms with Crippen molar-refractivity contribution < 1.29 is 9.53 Å². The molecule has 144 valence electrons. The first-order valence-corrected chi connectivity index (χ1v) is 9.80. The number of anilines is 1. The third kappa shape index (κ3) is 3.95. The molecule has 3 heterocycles. The van der Waals surface area contributed by atoms with E-state index in [-0.39, 0.29) is 5.91 Å². The van der Waals surface area contributed by atoms with E-state index >= 15 is 0 Å². The van der Waals surface area contributed by atoms with Crippen molar-refractivity contribution in [3.05, 3.63) is 48.3 Å². The zero-order valence-electron chi connectivity index (χ0n) is 15.9. The SMILES string of the molecule is COc1ccc(N2CCN(C3CCCN(C(=O)c4ccc[nH]4)C3)CC2)cc1. The Morgan fingerprint density at radius 1 is 1.07 bits per heavy atom. The number of amides is 1. The number of aromatic amines is 1. The van der Waals surface area contributed by atoms with Crippen LogP contribution in [0.4, 0.5) is 5.69 Å². The summed E-state index contributed by atoms with van der Waals surface area (Å²) in [7, 11) is 1.70. The Balaban J connectivity index is 1.33. The van der Waals surface area contributed by atoms with Gasteiger partial charge in [-0.3, -0.25) is 9.69 Å². The molecule has 2 aromatic rings. The maximum Gasteiger partial charge on any atom is 0.270 e. The molecule has 0 bridgehead atoms. The van der Waals surface area contributed by atoms with Gasteiger partial charge >= 0.3 is 0 Å². The van der Waals surface area contributed by atoms with Crippen molar-refractivity contribution >= 4 is 11.6 Å². The van der Waals surface area contributed by atoms with E-state index in [9.17, 15) is 4.79 Å². The molecule has 6 heteroatoms. The molecule has 2 fully saturated rings. The van der Waals surface area contributed by atoms with Gasteiger partial charge in [-0.25, -0.2) is 0 Å². The molecule has 2 saturated heterocycles. The Labute approximate surface area is 160 Å². The average Bonchev–Trinajstić information content (AvgIpc) is 3.28. The van der Waals surface area contributed by atoms with Gasteiger partial charge < -0.3 is 19.5 Å². The van der Waals surface area contributed by atoms with Crippen LogP contribution in [0.1, 0.15) is 23.3 Å². The lowest BCUT2D eigenvalue weighted by atomic mass is 10.0. The summed E-state index contributed by atoms with van der Waals surface area (Å²) >= 11 is 0. The monoisotopic (exact) mass is 368 g/mol. The lowest BCUT2D eigenvalue weighted by Crippen LogP contribution is -2.55. The van der Waals surface area contributed by atoms with Crippen LogP contribution in [0.15, 0.2) is 42.6 Å². The van der Waals surface area contributed by atoms with Gasteiger partial charge in [0.05, 0.1) is 7.11 Å². The third-order valence-corrected chi connectivity index (χ3v) is 5.78. The van der Waals surface area contributed by atoms with Gasteiger partial charge in [0.1, 0.15) is 11.4 Å². The molecular formula is C21H28N4O2. The Kier molecular flexibility index (Phi) is 5.34. The van der Waals surface area contributed by atoms with Crippen LogP contribution in [0, 0.1) is 0 Å². The molecule has 1 aromatic carbocycles. The quantitative estimate of drug-likeness (QED) is 0.901. The maximum atomic E-state index is 12.6. The second kappa shape index (κ2) is 8.05. The fourth-order valence-corrected chi connectivity index (χ4v) is 4.21. The second-order valence-electron chi connectivity index (χ2n) is 7.35. The van der Waals surface area contributed by atoms with Crippen LogP contribution in [0.5, 0.6) is 5.75 Å². The summed E-state index contributed by atoms with van der Waals surface area (Å²) in [4.78, 5) is 22.7. The lowest BCUT2D eigenvalue weighted by Gasteiger charge is -2.43. The number of hydrogen-bond acceptors (Lipinski definition) is 4. The number of ether oxygens (including phenoxy) is 1. The number of piperidine rings is 1. The zero-order chi connectivity index (χ0) is 18.6. The van der Waals surface area contributed by atoms with Crippen LogP contribution in [0.25, 0.3) is 0 Å². The van der Waals surface area contributed by atoms with E-state index in [1.165, 1.54) is 12.1 Å². The minimum Gasteiger partial charge on any atom is -0.497 e. The summed E-state index contributed by atoms with van der Waals surface area (Å²) in [5, 5.41) is 0. The van der Waals surface area contributed by atoms with Gasteiger partial charge in [-0.15, -0.1) is 0 Å². The van der Waals surface area contributed by atoms with Crippen LogP contribution in [0.2, 0.25) is 0 Å². The molecule has 1 N–H and O–H groups in total. The van der Waals surface area contributed by atoms with Gasteiger partial charge in [0.2, 0.25) is 0 Å². The predicted octanol–water partition coefficient (Wildman–Crippen LogP) is 2.45. The lowest BCUT2D eigenvalue weighted by molar-refractivity contribution is 0.0559. The topological polar surface area (TPSA) is 51.8 Å². The highest BCUT2D eigenvalue weighted by Crippen LogP contribution is 2.23. The number of likely N-dealkylation sites (tertiary alicyclic amines) is 1. The molecule has 27 heavy (non-hydrogen) atoms. The molecule has 0 radical (unpaired) electrons. The van der Waals surface area contributed by atoms with Crippen LogP contribution in [-0.2, 0) is 0 Å². The first-order valence-electron chi connectivity index (χ1n) is 9.80. The number of piperazine rings is 1. The summed E-state index contributed by atoms with van der Waals surface area (Å²) in [6.07, 6.45) is 4.07. The summed E-state index contributed by atoms with van der Waals surface area (Å²) in [6, 6.07) is 12.5. The number of methoxy groups -OCH3 is 1. The van der Waals surface area contributed by atoms with Gasteiger partial charge in [0, 0.05) is 57.2 Å². The molecule has 2 aliphatic rings. The highest BCUT2D eigenvalue weighted by atomic mass is 16.5. The number of rotatable bonds is 4. The number of carbonyl (C=O) groups excluding carboxylic acids is 1. The summed E-state index contributed by atoms with van der Waals surface area (Å²) in [6.45, 7) is 5.82. The van der Waals surface area contributed by atoms with Gasteiger partial charge in [-0.05, 0) is 49.2 Å². The van der Waals surface area contributed by atoms with Crippen molar-refractivity contribution in [2.75, 3.05) is 51.3 Å². The van der Waals surface area contributed by atoms with Crippen LogP contribution >= 0.6 is 0 Å². The number of aromatic nitrogens is 1. The summed E-state index contributed by atoms with van der Waals surface area (Å²) < 4.78 is 5.25. The minimum absolute atomic E-state index is 0.126. The smallest absolute Gasteiger partial charge is 0.270 e. The first kappa shape index (κ1) is 17.9. The molecule has 1 unspecified atom stereocenters. The number of nitrogens with one attached hydrogen (secondary N) is 1. The van der Waals surface area contributed by atoms with Crippen molar-refractivity contribution in [3.8, 4) is 5.75 Å². The van der Waals surface area contributed by atoms with E-state index in [1.54, 1.807) is 7.11 Å². The molecule has 0 spiro atoms. The van der Waals surface area contributed by atoms with Crippen molar-refractivity contribution in [1.82, 2.24) is 14.8 Å². The second-order valence-corrected chi connectivity index (χ2v) is 7.35. The van der Waals surface area contributed by atoms with Crippen LogP contribution < -0.4 is 9.64 Å². The molecule has 2 aliphatic heterocycles. The van der Waals surface area contributed by atoms with Crippen molar-refractivity contribution in [2.24, 2.45) is 0 Å². The van der Waals surface area contributed by atoms with Gasteiger partial charge in [-0.2, -0.15) is 0 Å². The van der Waals surface area contributed by atoms with Crippen LogP contribution in [-0.4, -0.2) is 73.1 Å². The Bertz CT molecular complexity index is 736. The van der Waals surface area contributed by atoms with E-state index in [0.29, 0.717) is 11.7 Å². The van der Waals surface area contributed by atoms with E-state index < -0.39 is 0 Å². The van der Waals surface area contributed by atoms with Crippen molar-refractivity contribution in [3.63, 3.8) is 0 Å². The molecule has 1 aromatic heterocycles. The molecule has 0 aliphatic carbocycles. The predicted molar refractivity (Wildman–Crippen MR) is 106 cm³/mol. The summed E-state index contributed by atoms with van der Waals surface area (Å²) in [5.74, 6) is 1.02. The standard InChI is InChI=1S/C21H28N4O2/c1-27-19-8-6-17(7-9-19)23-12-14-24(15-13-23)18-4-3-11-25(16-18)21(26)20-5-2-10-22-20/h2,5-10,18,22H,3-4,11-16H2,1H3. The number of hydrogen-bond donors (Lipinski definition) is 1. The largest absolute Gasteiger partial charge is 0.497 e. The van der Waals surface area contributed by atoms with E-state index in [1.807, 2.05) is 35.4 Å². The van der Waals surface area contributed by atoms with Gasteiger partial charge in [-0.1, -0.05) is 0 Å². The third-order valence-electron chi connectivity index (χ3n) is 5.78. The van der Waals surface area contributed by atoms with Gasteiger partial charge in [0.25, 0.3) is 5.91 Å². The van der Waals surface area contributed by atoms with Crippen molar-refractivity contribution in [1.29, 1.82) is 0 Å². The Hall–Kier alpha value is -2.47. The highest BCUT2D eigenvalue weighted by molar-refractivity contribution is 5.92. The minimum atomic E-state index is 0.126. The average molecular weight is 368 g/mol. The first-order chi connectivity index (χ1) is 13.2. The normalized spacial score (nSPS) is 21.3.